The fourth-order valence-corrected chi connectivity index (χ4v) is 4.21. The molecule has 1 saturated heterocycles. The molecular weight excluding hydrogens is 314 g/mol. The second-order valence-corrected chi connectivity index (χ2v) is 7.34. The summed E-state index contributed by atoms with van der Waals surface area (Å²) in [6.07, 6.45) is 8.08. The number of aromatic nitrogens is 2. The van der Waals surface area contributed by atoms with E-state index in [1.165, 1.54) is 19.3 Å². The average Bonchev–Trinajstić information content (AvgIpc) is 3.30. The molecule has 1 aromatic heterocycles. The zero-order valence-electron chi connectivity index (χ0n) is 15.0. The number of ether oxygens (including phenoxy) is 1. The van der Waals surface area contributed by atoms with E-state index in [0.717, 1.165) is 49.1 Å². The van der Waals surface area contributed by atoms with Gasteiger partial charge in [-0.25, -0.2) is 4.98 Å². The molecule has 5 nitrogen and oxygen atoms in total. The van der Waals surface area contributed by atoms with Crippen molar-refractivity contribution in [3.8, 4) is 0 Å². The van der Waals surface area contributed by atoms with Gasteiger partial charge in [0, 0.05) is 19.7 Å². The van der Waals surface area contributed by atoms with Gasteiger partial charge in [-0.05, 0) is 37.8 Å². The van der Waals surface area contributed by atoms with Gasteiger partial charge in [0.25, 0.3) is 0 Å². The smallest absolute Gasteiger partial charge is 0.242 e. The lowest BCUT2D eigenvalue weighted by molar-refractivity contribution is -0.133. The molecule has 0 bridgehead atoms. The summed E-state index contributed by atoms with van der Waals surface area (Å²) in [5, 5.41) is 0. The largest absolute Gasteiger partial charge is 0.370 e. The number of benzene rings is 1. The van der Waals surface area contributed by atoms with E-state index in [1.807, 2.05) is 30.1 Å². The highest BCUT2D eigenvalue weighted by atomic mass is 16.5. The van der Waals surface area contributed by atoms with Crippen molar-refractivity contribution in [3.63, 3.8) is 0 Å². The second-order valence-electron chi connectivity index (χ2n) is 7.34. The zero-order valence-corrected chi connectivity index (χ0v) is 15.0. The molecule has 1 atom stereocenters. The predicted molar refractivity (Wildman–Crippen MR) is 97.3 cm³/mol. The van der Waals surface area contributed by atoms with Gasteiger partial charge in [-0.3, -0.25) is 4.79 Å². The number of likely N-dealkylation sites (N-methyl/N-ethyl adjacent to an activating group) is 1. The average molecular weight is 341 g/mol. The van der Waals surface area contributed by atoms with Gasteiger partial charge in [0.15, 0.2) is 0 Å². The van der Waals surface area contributed by atoms with Crippen molar-refractivity contribution in [2.45, 2.75) is 63.6 Å². The monoisotopic (exact) mass is 341 g/mol. The van der Waals surface area contributed by atoms with Crippen LogP contribution in [-0.4, -0.2) is 40.1 Å². The summed E-state index contributed by atoms with van der Waals surface area (Å²) in [6.45, 7) is 1.13. The minimum atomic E-state index is 0.0141. The van der Waals surface area contributed by atoms with E-state index in [4.69, 9.17) is 9.72 Å². The molecule has 1 amide bonds. The molecular formula is C20H27N3O2. The first-order valence-electron chi connectivity index (χ1n) is 9.56. The van der Waals surface area contributed by atoms with E-state index >= 15 is 0 Å². The Morgan fingerprint density at radius 1 is 1.20 bits per heavy atom. The van der Waals surface area contributed by atoms with Crippen LogP contribution in [0, 0.1) is 0 Å². The zero-order chi connectivity index (χ0) is 17.2. The number of amides is 1. The lowest BCUT2D eigenvalue weighted by Crippen LogP contribution is -2.40. The number of fused-ring (bicyclic) bond motifs is 1. The molecule has 1 aromatic carbocycles. The highest BCUT2D eigenvalue weighted by molar-refractivity contribution is 5.81. The van der Waals surface area contributed by atoms with Crippen LogP contribution in [0.15, 0.2) is 24.3 Å². The van der Waals surface area contributed by atoms with Crippen LogP contribution >= 0.6 is 0 Å². The molecule has 5 heteroatoms. The summed E-state index contributed by atoms with van der Waals surface area (Å²) < 4.78 is 7.94. The van der Waals surface area contributed by atoms with Crippen molar-refractivity contribution in [2.24, 2.45) is 0 Å². The lowest BCUT2D eigenvalue weighted by atomic mass is 9.94. The second kappa shape index (κ2) is 7.16. The molecule has 2 aromatic rings. The molecule has 1 aliphatic carbocycles. The Hall–Kier alpha value is -1.88. The van der Waals surface area contributed by atoms with E-state index in [2.05, 4.69) is 10.6 Å². The van der Waals surface area contributed by atoms with Gasteiger partial charge in [-0.15, -0.1) is 0 Å². The molecule has 0 spiro atoms. The summed E-state index contributed by atoms with van der Waals surface area (Å²) >= 11 is 0. The summed E-state index contributed by atoms with van der Waals surface area (Å²) in [4.78, 5) is 19.7. The van der Waals surface area contributed by atoms with Crippen LogP contribution in [0.4, 0.5) is 0 Å². The number of hydrogen-bond acceptors (Lipinski definition) is 3. The first-order valence-corrected chi connectivity index (χ1v) is 9.56. The van der Waals surface area contributed by atoms with Gasteiger partial charge in [-0.2, -0.15) is 0 Å². The molecule has 0 N–H and O–H groups in total. The Morgan fingerprint density at radius 2 is 2.00 bits per heavy atom. The van der Waals surface area contributed by atoms with Crippen LogP contribution in [0.2, 0.25) is 0 Å². The van der Waals surface area contributed by atoms with E-state index in [1.54, 1.807) is 0 Å². The number of carbonyl (C=O) groups is 1. The van der Waals surface area contributed by atoms with E-state index in [-0.39, 0.29) is 12.0 Å². The molecule has 0 radical (unpaired) electrons. The van der Waals surface area contributed by atoms with Gasteiger partial charge in [0.2, 0.25) is 5.91 Å². The SMILES string of the molecule is CN(C(=O)Cn1c(C2CCCO2)nc2ccccc21)C1CCCCC1. The fraction of sp³-hybridized carbons (Fsp3) is 0.600. The van der Waals surface area contributed by atoms with Gasteiger partial charge in [0.05, 0.1) is 11.0 Å². The van der Waals surface area contributed by atoms with Crippen molar-refractivity contribution >= 4 is 16.9 Å². The standard InChI is InChI=1S/C20H27N3O2/c1-22(15-8-3-2-4-9-15)19(24)14-23-17-11-6-5-10-16(17)21-20(23)18-12-7-13-25-18/h5-6,10-11,15,18H,2-4,7-9,12-14H2,1H3. The van der Waals surface area contributed by atoms with Crippen molar-refractivity contribution in [3.05, 3.63) is 30.1 Å². The number of para-hydroxylation sites is 2. The maximum atomic E-state index is 13.0. The van der Waals surface area contributed by atoms with E-state index in [0.29, 0.717) is 12.6 Å². The van der Waals surface area contributed by atoms with E-state index < -0.39 is 0 Å². The number of carbonyl (C=O) groups excluding carboxylic acids is 1. The third kappa shape index (κ3) is 3.30. The van der Waals surface area contributed by atoms with Crippen LogP contribution in [0.3, 0.4) is 0 Å². The highest BCUT2D eigenvalue weighted by Gasteiger charge is 2.27. The first kappa shape index (κ1) is 16.6. The molecule has 1 unspecified atom stereocenters. The Morgan fingerprint density at radius 3 is 2.76 bits per heavy atom. The van der Waals surface area contributed by atoms with Crippen molar-refractivity contribution in [2.75, 3.05) is 13.7 Å². The Bertz CT molecular complexity index is 742. The third-order valence-electron chi connectivity index (χ3n) is 5.71. The highest BCUT2D eigenvalue weighted by Crippen LogP contribution is 2.31. The molecule has 2 aliphatic rings. The Labute approximate surface area is 149 Å². The topological polar surface area (TPSA) is 47.4 Å². The molecule has 2 heterocycles. The molecule has 1 aliphatic heterocycles. The van der Waals surface area contributed by atoms with E-state index in [9.17, 15) is 4.79 Å². The minimum absolute atomic E-state index is 0.0141. The molecule has 25 heavy (non-hydrogen) atoms. The minimum Gasteiger partial charge on any atom is -0.370 e. The lowest BCUT2D eigenvalue weighted by Gasteiger charge is -2.31. The Kier molecular flexibility index (Phi) is 4.75. The molecule has 2 fully saturated rings. The summed E-state index contributed by atoms with van der Waals surface area (Å²) in [6, 6.07) is 8.46. The molecule has 4 rings (SSSR count). The van der Waals surface area contributed by atoms with Gasteiger partial charge in [0.1, 0.15) is 18.5 Å². The molecule has 134 valence electrons. The van der Waals surface area contributed by atoms with Crippen molar-refractivity contribution in [1.82, 2.24) is 14.5 Å². The van der Waals surface area contributed by atoms with Crippen LogP contribution < -0.4 is 0 Å². The van der Waals surface area contributed by atoms with Crippen LogP contribution in [0.5, 0.6) is 0 Å². The third-order valence-corrected chi connectivity index (χ3v) is 5.71. The summed E-state index contributed by atoms with van der Waals surface area (Å²) in [5.41, 5.74) is 1.97. The number of rotatable bonds is 4. The first-order chi connectivity index (χ1) is 12.2. The van der Waals surface area contributed by atoms with Crippen LogP contribution in [0.25, 0.3) is 11.0 Å². The van der Waals surface area contributed by atoms with Crippen molar-refractivity contribution < 1.29 is 9.53 Å². The van der Waals surface area contributed by atoms with Crippen LogP contribution in [-0.2, 0) is 16.1 Å². The maximum Gasteiger partial charge on any atom is 0.242 e. The summed E-state index contributed by atoms with van der Waals surface area (Å²) in [7, 11) is 1.96. The summed E-state index contributed by atoms with van der Waals surface area (Å²) in [5.74, 6) is 1.08. The Balaban J connectivity index is 1.60. The fourth-order valence-electron chi connectivity index (χ4n) is 4.21. The molecule has 1 saturated carbocycles. The van der Waals surface area contributed by atoms with Gasteiger partial charge < -0.3 is 14.2 Å². The number of imidazole rings is 1. The maximum absolute atomic E-state index is 13.0. The van der Waals surface area contributed by atoms with Crippen molar-refractivity contribution in [1.29, 1.82) is 0 Å². The van der Waals surface area contributed by atoms with Crippen LogP contribution in [0.1, 0.15) is 56.9 Å². The quantitative estimate of drug-likeness (QED) is 0.852. The van der Waals surface area contributed by atoms with Gasteiger partial charge >= 0.3 is 0 Å². The number of nitrogens with zero attached hydrogens (tertiary/aromatic N) is 3. The normalized spacial score (nSPS) is 21.7. The predicted octanol–water partition coefficient (Wildman–Crippen LogP) is 3.68. The number of hydrogen-bond donors (Lipinski definition) is 0. The van der Waals surface area contributed by atoms with Gasteiger partial charge in [-0.1, -0.05) is 31.4 Å².